The second-order valence-electron chi connectivity index (χ2n) is 5.34. The van der Waals surface area contributed by atoms with Gasteiger partial charge in [0, 0.05) is 5.69 Å². The molecule has 10 nitrogen and oxygen atoms in total. The number of nitrogens with one attached hydrogen (secondary N) is 1. The molecule has 1 aromatic carbocycles. The van der Waals surface area contributed by atoms with Crippen LogP contribution in [0.2, 0.25) is 0 Å². The Morgan fingerprint density at radius 3 is 2.55 bits per heavy atom. The second kappa shape index (κ2) is 8.40. The maximum Gasteiger partial charge on any atom is 0.351 e. The fourth-order valence-electron chi connectivity index (χ4n) is 2.13. The SMILES string of the molecule is O=C(COC(=O)c1sccc1-n1cnnn1)Nc1ccc(S(=O)(=O)C(F)F)cc1. The van der Waals surface area contributed by atoms with E-state index >= 15 is 0 Å². The molecule has 2 heterocycles. The third-order valence-corrected chi connectivity index (χ3v) is 5.74. The van der Waals surface area contributed by atoms with Crippen molar-refractivity contribution in [1.29, 1.82) is 0 Å². The molecule has 152 valence electrons. The molecule has 0 unspecified atom stereocenters. The zero-order chi connectivity index (χ0) is 21.0. The number of hydrogen-bond acceptors (Lipinski definition) is 9. The molecule has 0 aliphatic rings. The quantitative estimate of drug-likeness (QED) is 0.544. The summed E-state index contributed by atoms with van der Waals surface area (Å²) in [5, 5.41) is 14.6. The average Bonchev–Trinajstić information content (AvgIpc) is 3.37. The first-order valence-corrected chi connectivity index (χ1v) is 10.1. The minimum atomic E-state index is -4.72. The highest BCUT2D eigenvalue weighted by Gasteiger charge is 2.26. The zero-order valence-corrected chi connectivity index (χ0v) is 15.9. The largest absolute Gasteiger partial charge is 0.451 e. The molecule has 29 heavy (non-hydrogen) atoms. The highest BCUT2D eigenvalue weighted by molar-refractivity contribution is 7.91. The number of sulfone groups is 1. The lowest BCUT2D eigenvalue weighted by atomic mass is 10.3. The van der Waals surface area contributed by atoms with E-state index in [1.165, 1.54) is 11.0 Å². The van der Waals surface area contributed by atoms with Gasteiger partial charge in [-0.1, -0.05) is 0 Å². The Morgan fingerprint density at radius 1 is 1.21 bits per heavy atom. The van der Waals surface area contributed by atoms with Gasteiger partial charge in [-0.05, 0) is 46.1 Å². The molecule has 3 rings (SSSR count). The molecule has 0 radical (unpaired) electrons. The molecule has 2 aromatic heterocycles. The third-order valence-electron chi connectivity index (χ3n) is 3.46. The van der Waals surface area contributed by atoms with E-state index in [2.05, 4.69) is 20.8 Å². The molecule has 0 saturated heterocycles. The predicted molar refractivity (Wildman–Crippen MR) is 95.6 cm³/mol. The summed E-state index contributed by atoms with van der Waals surface area (Å²) in [5.74, 6) is -5.01. The van der Waals surface area contributed by atoms with E-state index < -0.39 is 39.0 Å². The summed E-state index contributed by atoms with van der Waals surface area (Å²) in [4.78, 5) is 23.7. The Bertz CT molecular complexity index is 1110. The summed E-state index contributed by atoms with van der Waals surface area (Å²) in [6, 6.07) is 5.77. The molecule has 0 saturated carbocycles. The second-order valence-corrected chi connectivity index (χ2v) is 8.18. The summed E-state index contributed by atoms with van der Waals surface area (Å²) in [6.07, 6.45) is 1.30. The number of anilines is 1. The number of nitrogens with zero attached hydrogens (tertiary/aromatic N) is 4. The molecule has 0 aliphatic carbocycles. The van der Waals surface area contributed by atoms with Crippen LogP contribution >= 0.6 is 11.3 Å². The molecule has 14 heteroatoms. The summed E-state index contributed by atoms with van der Waals surface area (Å²) >= 11 is 1.08. The smallest absolute Gasteiger partial charge is 0.351 e. The van der Waals surface area contributed by atoms with Crippen LogP contribution in [0.1, 0.15) is 9.67 Å². The van der Waals surface area contributed by atoms with Crippen LogP contribution in [0.5, 0.6) is 0 Å². The Morgan fingerprint density at radius 2 is 1.93 bits per heavy atom. The van der Waals surface area contributed by atoms with Gasteiger partial charge in [-0.3, -0.25) is 4.79 Å². The predicted octanol–water partition coefficient (Wildman–Crippen LogP) is 1.52. The normalized spacial score (nSPS) is 11.4. The number of rotatable bonds is 7. The first-order valence-electron chi connectivity index (χ1n) is 7.69. The van der Waals surface area contributed by atoms with Crippen molar-refractivity contribution in [2.24, 2.45) is 0 Å². The van der Waals surface area contributed by atoms with Crippen LogP contribution in [-0.2, 0) is 19.4 Å². The first-order chi connectivity index (χ1) is 13.8. The van der Waals surface area contributed by atoms with Crippen molar-refractivity contribution in [1.82, 2.24) is 20.2 Å². The monoisotopic (exact) mass is 443 g/mol. The van der Waals surface area contributed by atoms with Crippen molar-refractivity contribution in [3.63, 3.8) is 0 Å². The van der Waals surface area contributed by atoms with Crippen LogP contribution in [0.3, 0.4) is 0 Å². The molecule has 0 bridgehead atoms. The maximum absolute atomic E-state index is 12.5. The molecular weight excluding hydrogens is 432 g/mol. The van der Waals surface area contributed by atoms with Gasteiger partial charge >= 0.3 is 11.7 Å². The lowest BCUT2D eigenvalue weighted by Gasteiger charge is -2.08. The zero-order valence-electron chi connectivity index (χ0n) is 14.2. The van der Waals surface area contributed by atoms with E-state index in [0.29, 0.717) is 5.69 Å². The Labute approximate surface area is 166 Å². The third kappa shape index (κ3) is 4.60. The van der Waals surface area contributed by atoms with E-state index in [1.54, 1.807) is 11.4 Å². The van der Waals surface area contributed by atoms with E-state index in [1.807, 2.05) is 0 Å². The van der Waals surface area contributed by atoms with Gasteiger partial charge in [0.15, 0.2) is 6.61 Å². The van der Waals surface area contributed by atoms with Crippen LogP contribution in [0, 0.1) is 0 Å². The number of esters is 1. The molecule has 3 aromatic rings. The fourth-order valence-corrected chi connectivity index (χ4v) is 3.62. The van der Waals surface area contributed by atoms with Gasteiger partial charge in [0.1, 0.15) is 11.2 Å². The van der Waals surface area contributed by atoms with Crippen molar-refractivity contribution in [3.05, 3.63) is 46.9 Å². The molecule has 1 amide bonds. The van der Waals surface area contributed by atoms with Gasteiger partial charge in [0.25, 0.3) is 5.91 Å². The summed E-state index contributed by atoms with van der Waals surface area (Å²) < 4.78 is 53.9. The van der Waals surface area contributed by atoms with Crippen LogP contribution in [0.15, 0.2) is 46.9 Å². The molecule has 1 N–H and O–H groups in total. The lowest BCUT2D eigenvalue weighted by molar-refractivity contribution is -0.119. The topological polar surface area (TPSA) is 133 Å². The summed E-state index contributed by atoms with van der Waals surface area (Å²) in [7, 11) is -4.72. The van der Waals surface area contributed by atoms with Gasteiger partial charge in [0.2, 0.25) is 9.84 Å². The summed E-state index contributed by atoms with van der Waals surface area (Å²) in [5.41, 5.74) is 0.533. The van der Waals surface area contributed by atoms with Crippen molar-refractivity contribution in [3.8, 4) is 5.69 Å². The van der Waals surface area contributed by atoms with Crippen LogP contribution in [0.4, 0.5) is 14.5 Å². The number of benzene rings is 1. The van der Waals surface area contributed by atoms with E-state index in [-0.39, 0.29) is 10.6 Å². The first kappa shape index (κ1) is 20.5. The highest BCUT2D eigenvalue weighted by atomic mass is 32.2. The Hall–Kier alpha value is -3.26. The highest BCUT2D eigenvalue weighted by Crippen LogP contribution is 2.22. The van der Waals surface area contributed by atoms with Gasteiger partial charge in [-0.2, -0.15) is 13.5 Å². The number of hydrogen-bond donors (Lipinski definition) is 1. The number of aromatic nitrogens is 4. The standard InChI is InChI=1S/C15H11F2N5O5S2/c16-15(17)29(25,26)10-3-1-9(2-4-10)19-12(23)7-27-14(24)13-11(5-6-28-13)22-8-18-20-21-22/h1-6,8,15H,7H2,(H,19,23). The number of amides is 1. The minimum absolute atomic E-state index is 0.143. The fraction of sp³-hybridized carbons (Fsp3) is 0.133. The minimum Gasteiger partial charge on any atom is -0.451 e. The molecule has 0 spiro atoms. The van der Waals surface area contributed by atoms with E-state index in [0.717, 1.165) is 35.6 Å². The number of carbonyl (C=O) groups is 2. The molecule has 0 atom stereocenters. The number of thiophene rings is 1. The van der Waals surface area contributed by atoms with Gasteiger partial charge < -0.3 is 10.1 Å². The van der Waals surface area contributed by atoms with Crippen LogP contribution in [-0.4, -0.2) is 52.9 Å². The molecule has 0 fully saturated rings. The van der Waals surface area contributed by atoms with Crippen molar-refractivity contribution in [2.75, 3.05) is 11.9 Å². The van der Waals surface area contributed by atoms with Crippen LogP contribution < -0.4 is 5.32 Å². The van der Waals surface area contributed by atoms with Gasteiger partial charge in [-0.25, -0.2) is 13.2 Å². The molecule has 0 aliphatic heterocycles. The Balaban J connectivity index is 1.58. The maximum atomic E-state index is 12.5. The number of ether oxygens (including phenoxy) is 1. The number of halogens is 2. The number of tetrazole rings is 1. The van der Waals surface area contributed by atoms with Crippen molar-refractivity contribution >= 4 is 38.7 Å². The van der Waals surface area contributed by atoms with E-state index in [9.17, 15) is 26.8 Å². The van der Waals surface area contributed by atoms with Gasteiger partial charge in [-0.15, -0.1) is 16.4 Å². The Kier molecular flexibility index (Phi) is 5.93. The van der Waals surface area contributed by atoms with Crippen molar-refractivity contribution in [2.45, 2.75) is 10.7 Å². The lowest BCUT2D eigenvalue weighted by Crippen LogP contribution is -2.21. The van der Waals surface area contributed by atoms with Gasteiger partial charge in [0.05, 0.1) is 10.6 Å². The summed E-state index contributed by atoms with van der Waals surface area (Å²) in [6.45, 7) is -0.622. The number of carbonyl (C=O) groups excluding carboxylic acids is 2. The average molecular weight is 443 g/mol. The van der Waals surface area contributed by atoms with Crippen molar-refractivity contribution < 1.29 is 31.5 Å². The number of alkyl halides is 2. The van der Waals surface area contributed by atoms with Crippen LogP contribution in [0.25, 0.3) is 5.69 Å². The van der Waals surface area contributed by atoms with E-state index in [4.69, 9.17) is 4.74 Å². The molecular formula is C15H11F2N5O5S2.